The van der Waals surface area contributed by atoms with Gasteiger partial charge in [0.2, 0.25) is 5.78 Å². The first-order valence-electron chi connectivity index (χ1n) is 6.45. The summed E-state index contributed by atoms with van der Waals surface area (Å²) in [5, 5.41) is 12.7. The normalized spacial score (nSPS) is 10.5. The predicted octanol–water partition coefficient (Wildman–Crippen LogP) is 3.29. The molecule has 0 atom stereocenters. The van der Waals surface area contributed by atoms with Gasteiger partial charge in [0, 0.05) is 11.8 Å². The molecule has 2 rings (SSSR count). The topological polar surface area (TPSA) is 75.4 Å². The summed E-state index contributed by atoms with van der Waals surface area (Å²) in [6, 6.07) is 10.2. The third kappa shape index (κ3) is 4.39. The molecule has 0 unspecified atom stereocenters. The highest BCUT2D eigenvalue weighted by Crippen LogP contribution is 2.11. The first-order valence-corrected chi connectivity index (χ1v) is 7.68. The van der Waals surface area contributed by atoms with Gasteiger partial charge < -0.3 is 5.21 Å². The molecular weight excluding hydrogens is 286 g/mol. The van der Waals surface area contributed by atoms with E-state index in [-0.39, 0.29) is 11.5 Å². The van der Waals surface area contributed by atoms with Gasteiger partial charge >= 0.3 is 0 Å². The van der Waals surface area contributed by atoms with Gasteiger partial charge in [-0.1, -0.05) is 61.1 Å². The monoisotopic (exact) mass is 303 g/mol. The lowest BCUT2D eigenvalue weighted by Gasteiger charge is -2.04. The number of nitrogens with zero attached hydrogens (tertiary/aromatic N) is 3. The Hall–Kier alpha value is -2.21. The number of carbonyl (C=O) groups is 1. The van der Waals surface area contributed by atoms with Crippen LogP contribution in [0.2, 0.25) is 0 Å². The van der Waals surface area contributed by atoms with Crippen LogP contribution in [0.15, 0.2) is 52.9 Å². The number of benzene rings is 1. The van der Waals surface area contributed by atoms with Crippen molar-refractivity contribution in [1.82, 2.24) is 9.97 Å². The van der Waals surface area contributed by atoms with Crippen molar-refractivity contribution in [1.29, 1.82) is 0 Å². The van der Waals surface area contributed by atoms with Crippen LogP contribution < -0.4 is 0 Å². The molecule has 6 heteroatoms. The maximum absolute atomic E-state index is 12.2. The molecular formula is C15H17N3O2S. The third-order valence-electron chi connectivity index (χ3n) is 2.41. The lowest BCUT2D eigenvalue weighted by atomic mass is 10.0. The van der Waals surface area contributed by atoms with E-state index in [0.717, 1.165) is 0 Å². The fourth-order valence-electron chi connectivity index (χ4n) is 1.51. The number of ketones is 1. The molecule has 0 aliphatic rings. The van der Waals surface area contributed by atoms with Crippen LogP contribution in [0.5, 0.6) is 0 Å². The van der Waals surface area contributed by atoms with Gasteiger partial charge in [0.1, 0.15) is 5.69 Å². The molecule has 0 aliphatic heterocycles. The fraction of sp³-hybridized carbons (Fsp3) is 0.200. The number of carbonyl (C=O) groups excluding carboxylic acids is 1. The fourth-order valence-corrected chi connectivity index (χ4v) is 1.87. The minimum atomic E-state index is -0.381. The highest BCUT2D eigenvalue weighted by atomic mass is 32.2. The highest BCUT2D eigenvalue weighted by molar-refractivity contribution is 7.98. The average Bonchev–Trinajstić information content (AvgIpc) is 2.58. The van der Waals surface area contributed by atoms with Crippen LogP contribution in [0.1, 0.15) is 29.9 Å². The van der Waals surface area contributed by atoms with E-state index >= 15 is 0 Å². The number of oxime groups is 1. The van der Waals surface area contributed by atoms with Crippen molar-refractivity contribution in [3.05, 3.63) is 53.9 Å². The summed E-state index contributed by atoms with van der Waals surface area (Å²) in [6.07, 6.45) is 3.35. The Morgan fingerprint density at radius 3 is 2.43 bits per heavy atom. The van der Waals surface area contributed by atoms with Gasteiger partial charge in [0.25, 0.3) is 0 Å². The lowest BCUT2D eigenvalue weighted by Crippen LogP contribution is -2.17. The number of hydrogen-bond donors (Lipinski definition) is 1. The van der Waals surface area contributed by atoms with Gasteiger partial charge in [-0.2, -0.15) is 0 Å². The number of thioether (sulfide) groups is 1. The molecule has 21 heavy (non-hydrogen) atoms. The summed E-state index contributed by atoms with van der Waals surface area (Å²) in [7, 11) is 0. The van der Waals surface area contributed by atoms with Crippen molar-refractivity contribution in [2.45, 2.75) is 19.0 Å². The van der Waals surface area contributed by atoms with E-state index in [4.69, 9.17) is 5.21 Å². The Morgan fingerprint density at radius 2 is 1.86 bits per heavy atom. The van der Waals surface area contributed by atoms with Crippen LogP contribution in [0.25, 0.3) is 0 Å². The molecule has 1 N–H and O–H groups in total. The summed E-state index contributed by atoms with van der Waals surface area (Å²) in [5.41, 5.74) is 0.652. The van der Waals surface area contributed by atoms with E-state index in [9.17, 15) is 4.79 Å². The molecule has 2 aromatic rings. The molecule has 110 valence electrons. The van der Waals surface area contributed by atoms with Crippen molar-refractivity contribution in [3.63, 3.8) is 0 Å². The van der Waals surface area contributed by atoms with Crippen molar-refractivity contribution in [2.24, 2.45) is 5.16 Å². The largest absolute Gasteiger partial charge is 0.410 e. The standard InChI is InChI=1S/C13H11N3O2S.C2H6/c1-19-13-14-8-7-10(15-13)11(16-18)12(17)9-5-3-2-4-6-9;1-2/h2-8,18H,1H3;1-2H3/b16-11-;. The minimum absolute atomic E-state index is 0.0936. The third-order valence-corrected chi connectivity index (χ3v) is 2.97. The minimum Gasteiger partial charge on any atom is -0.410 e. The maximum Gasteiger partial charge on any atom is 0.216 e. The SMILES string of the molecule is CC.CSc1nccc(/C(=N/O)C(=O)c2ccccc2)n1. The zero-order chi connectivity index (χ0) is 15.7. The Morgan fingerprint density at radius 1 is 1.19 bits per heavy atom. The predicted molar refractivity (Wildman–Crippen MR) is 84.3 cm³/mol. The van der Waals surface area contributed by atoms with Crippen LogP contribution in [-0.2, 0) is 0 Å². The quantitative estimate of drug-likeness (QED) is 0.234. The van der Waals surface area contributed by atoms with E-state index < -0.39 is 0 Å². The smallest absolute Gasteiger partial charge is 0.216 e. The number of hydrogen-bond acceptors (Lipinski definition) is 6. The molecule has 0 radical (unpaired) electrons. The van der Waals surface area contributed by atoms with Crippen LogP contribution in [0.3, 0.4) is 0 Å². The van der Waals surface area contributed by atoms with E-state index in [2.05, 4.69) is 15.1 Å². The number of rotatable bonds is 4. The molecule has 1 aromatic carbocycles. The highest BCUT2D eigenvalue weighted by Gasteiger charge is 2.18. The zero-order valence-corrected chi connectivity index (χ0v) is 13.0. The molecule has 0 spiro atoms. The van der Waals surface area contributed by atoms with Crippen LogP contribution in [-0.4, -0.2) is 32.9 Å². The van der Waals surface area contributed by atoms with Gasteiger partial charge in [-0.3, -0.25) is 4.79 Å². The van der Waals surface area contributed by atoms with Crippen molar-refractivity contribution < 1.29 is 10.0 Å². The Kier molecular flexibility index (Phi) is 7.11. The van der Waals surface area contributed by atoms with Crippen molar-refractivity contribution in [2.75, 3.05) is 6.26 Å². The van der Waals surface area contributed by atoms with E-state index in [0.29, 0.717) is 16.4 Å². The summed E-state index contributed by atoms with van der Waals surface area (Å²) in [4.78, 5) is 20.4. The van der Waals surface area contributed by atoms with Gasteiger partial charge in [-0.15, -0.1) is 0 Å². The molecule has 0 saturated heterocycles. The van der Waals surface area contributed by atoms with Gasteiger partial charge in [-0.05, 0) is 12.3 Å². The second-order valence-electron chi connectivity index (χ2n) is 3.57. The Bertz CT molecular complexity index is 615. The average molecular weight is 303 g/mol. The maximum atomic E-state index is 12.2. The Labute approximate surface area is 128 Å². The number of Topliss-reactive ketones (excluding diaryl/α,β-unsaturated/α-hetero) is 1. The van der Waals surface area contributed by atoms with Crippen LogP contribution in [0.4, 0.5) is 0 Å². The second-order valence-corrected chi connectivity index (χ2v) is 4.35. The van der Waals surface area contributed by atoms with Crippen LogP contribution >= 0.6 is 11.8 Å². The molecule has 0 bridgehead atoms. The second kappa shape index (κ2) is 8.86. The Balaban J connectivity index is 0.00000106. The summed E-state index contributed by atoms with van der Waals surface area (Å²) >= 11 is 1.35. The molecule has 0 aliphatic carbocycles. The zero-order valence-electron chi connectivity index (χ0n) is 12.1. The van der Waals surface area contributed by atoms with E-state index in [1.54, 1.807) is 24.3 Å². The molecule has 5 nitrogen and oxygen atoms in total. The molecule has 1 aromatic heterocycles. The van der Waals surface area contributed by atoms with E-state index in [1.807, 2.05) is 26.2 Å². The summed E-state index contributed by atoms with van der Waals surface area (Å²) in [5.74, 6) is -0.381. The number of aromatic nitrogens is 2. The first kappa shape index (κ1) is 16.8. The summed E-state index contributed by atoms with van der Waals surface area (Å²) < 4.78 is 0. The molecule has 1 heterocycles. The molecule has 0 amide bonds. The van der Waals surface area contributed by atoms with E-state index in [1.165, 1.54) is 24.0 Å². The van der Waals surface area contributed by atoms with Crippen molar-refractivity contribution in [3.8, 4) is 0 Å². The molecule has 0 saturated carbocycles. The summed E-state index contributed by atoms with van der Waals surface area (Å²) in [6.45, 7) is 4.00. The van der Waals surface area contributed by atoms with Gasteiger partial charge in [0.05, 0.1) is 0 Å². The lowest BCUT2D eigenvalue weighted by molar-refractivity contribution is 0.106. The van der Waals surface area contributed by atoms with Crippen LogP contribution in [0, 0.1) is 0 Å². The van der Waals surface area contributed by atoms with Gasteiger partial charge in [0.15, 0.2) is 10.9 Å². The van der Waals surface area contributed by atoms with Crippen molar-refractivity contribution >= 4 is 23.3 Å². The molecule has 0 fully saturated rings. The van der Waals surface area contributed by atoms with Gasteiger partial charge in [-0.25, -0.2) is 9.97 Å². The first-order chi connectivity index (χ1) is 10.3.